The predicted molar refractivity (Wildman–Crippen MR) is 58.2 cm³/mol. The van der Waals surface area contributed by atoms with Gasteiger partial charge in [-0.25, -0.2) is 0 Å². The predicted octanol–water partition coefficient (Wildman–Crippen LogP) is 2.43. The van der Waals surface area contributed by atoms with Gasteiger partial charge in [0.05, 0.1) is 11.6 Å². The molecule has 1 fully saturated rings. The molecule has 4 heteroatoms. The second-order valence-corrected chi connectivity index (χ2v) is 4.69. The zero-order chi connectivity index (χ0) is 11.0. The number of likely N-dealkylation sites (tertiary alicyclic amines) is 1. The van der Waals surface area contributed by atoms with Crippen LogP contribution in [0.2, 0.25) is 0 Å². The van der Waals surface area contributed by atoms with E-state index in [0.717, 1.165) is 12.0 Å². The van der Waals surface area contributed by atoms with Crippen molar-refractivity contribution in [2.24, 2.45) is 0 Å². The Morgan fingerprint density at radius 3 is 2.87 bits per heavy atom. The molecule has 1 aromatic rings. The van der Waals surface area contributed by atoms with E-state index in [1.165, 1.54) is 0 Å². The molecule has 0 bridgehead atoms. The molecule has 0 aromatic carbocycles. The molecular weight excluding hydrogens is 214 g/mol. The third-order valence-electron chi connectivity index (χ3n) is 2.84. The Labute approximate surface area is 94.0 Å². The van der Waals surface area contributed by atoms with E-state index in [4.69, 9.17) is 16.0 Å². The molecule has 0 aliphatic carbocycles. The number of rotatable bonds is 1. The van der Waals surface area contributed by atoms with Crippen molar-refractivity contribution in [1.82, 2.24) is 4.90 Å². The van der Waals surface area contributed by atoms with Gasteiger partial charge in [0.1, 0.15) is 0 Å². The van der Waals surface area contributed by atoms with Crippen LogP contribution < -0.4 is 0 Å². The summed E-state index contributed by atoms with van der Waals surface area (Å²) in [5.41, 5.74) is 0.880. The van der Waals surface area contributed by atoms with E-state index < -0.39 is 0 Å². The van der Waals surface area contributed by atoms with Crippen molar-refractivity contribution < 1.29 is 9.21 Å². The van der Waals surface area contributed by atoms with Gasteiger partial charge in [-0.3, -0.25) is 4.79 Å². The van der Waals surface area contributed by atoms with Crippen molar-refractivity contribution in [2.75, 3.05) is 6.54 Å². The fourth-order valence-corrected chi connectivity index (χ4v) is 2.38. The Morgan fingerprint density at radius 2 is 2.40 bits per heavy atom. The largest absolute Gasteiger partial charge is 0.459 e. The van der Waals surface area contributed by atoms with Gasteiger partial charge in [0, 0.05) is 18.2 Å². The Morgan fingerprint density at radius 1 is 1.67 bits per heavy atom. The number of amides is 1. The van der Waals surface area contributed by atoms with Gasteiger partial charge in [0.15, 0.2) is 5.76 Å². The lowest BCUT2D eigenvalue weighted by atomic mass is 10.2. The van der Waals surface area contributed by atoms with Gasteiger partial charge in [0.2, 0.25) is 0 Å². The lowest BCUT2D eigenvalue weighted by molar-refractivity contribution is 0.0714. The second kappa shape index (κ2) is 3.89. The SMILES string of the molecule is Cc1ccoc1C(=O)N1CC(Cl)CC1C. The first-order valence-electron chi connectivity index (χ1n) is 5.08. The summed E-state index contributed by atoms with van der Waals surface area (Å²) in [4.78, 5) is 13.8. The summed E-state index contributed by atoms with van der Waals surface area (Å²) in [6.07, 6.45) is 2.40. The van der Waals surface area contributed by atoms with Crippen molar-refractivity contribution in [2.45, 2.75) is 31.7 Å². The van der Waals surface area contributed by atoms with Crippen LogP contribution in [0.15, 0.2) is 16.7 Å². The van der Waals surface area contributed by atoms with Crippen LogP contribution in [0.3, 0.4) is 0 Å². The average molecular weight is 228 g/mol. The van der Waals surface area contributed by atoms with Crippen LogP contribution in [-0.2, 0) is 0 Å². The van der Waals surface area contributed by atoms with Crippen molar-refractivity contribution in [1.29, 1.82) is 0 Å². The first kappa shape index (κ1) is 10.6. The van der Waals surface area contributed by atoms with Crippen molar-refractivity contribution >= 4 is 17.5 Å². The molecule has 82 valence electrons. The van der Waals surface area contributed by atoms with Crippen LogP contribution in [0.4, 0.5) is 0 Å². The summed E-state index contributed by atoms with van der Waals surface area (Å²) in [5, 5.41) is 0.0687. The van der Waals surface area contributed by atoms with Gasteiger partial charge < -0.3 is 9.32 Å². The fraction of sp³-hybridized carbons (Fsp3) is 0.545. The molecule has 2 atom stereocenters. The lowest BCUT2D eigenvalue weighted by Gasteiger charge is -2.20. The minimum Gasteiger partial charge on any atom is -0.459 e. The van der Waals surface area contributed by atoms with Crippen molar-refractivity contribution in [3.05, 3.63) is 23.7 Å². The number of nitrogens with zero attached hydrogens (tertiary/aromatic N) is 1. The lowest BCUT2D eigenvalue weighted by Crippen LogP contribution is -2.34. The van der Waals surface area contributed by atoms with Gasteiger partial charge in [0.25, 0.3) is 5.91 Å². The number of alkyl halides is 1. The summed E-state index contributed by atoms with van der Waals surface area (Å²) in [6, 6.07) is 2.00. The normalized spacial score (nSPS) is 25.9. The van der Waals surface area contributed by atoms with E-state index in [2.05, 4.69) is 0 Å². The fourth-order valence-electron chi connectivity index (χ4n) is 1.97. The highest BCUT2D eigenvalue weighted by atomic mass is 35.5. The Kier molecular flexibility index (Phi) is 2.74. The Bertz CT molecular complexity index is 374. The van der Waals surface area contributed by atoms with Crippen molar-refractivity contribution in [3.8, 4) is 0 Å². The molecule has 1 aliphatic rings. The van der Waals surface area contributed by atoms with E-state index in [1.807, 2.05) is 13.8 Å². The molecule has 2 unspecified atom stereocenters. The number of halogens is 1. The van der Waals surface area contributed by atoms with Crippen LogP contribution in [0.25, 0.3) is 0 Å². The highest BCUT2D eigenvalue weighted by molar-refractivity contribution is 6.21. The summed E-state index contributed by atoms with van der Waals surface area (Å²) in [6.45, 7) is 4.50. The topological polar surface area (TPSA) is 33.5 Å². The molecule has 3 nitrogen and oxygen atoms in total. The Balaban J connectivity index is 2.19. The average Bonchev–Trinajstić information content (AvgIpc) is 2.71. The molecule has 0 radical (unpaired) electrons. The van der Waals surface area contributed by atoms with Gasteiger partial charge in [-0.15, -0.1) is 11.6 Å². The second-order valence-electron chi connectivity index (χ2n) is 4.07. The highest BCUT2D eigenvalue weighted by Gasteiger charge is 2.33. The molecule has 2 heterocycles. The number of furan rings is 1. The maximum atomic E-state index is 12.1. The molecule has 1 amide bonds. The van der Waals surface area contributed by atoms with E-state index in [1.54, 1.807) is 17.2 Å². The van der Waals surface area contributed by atoms with E-state index in [-0.39, 0.29) is 17.3 Å². The van der Waals surface area contributed by atoms with Crippen LogP contribution in [0.1, 0.15) is 29.5 Å². The number of hydrogen-bond acceptors (Lipinski definition) is 2. The van der Waals surface area contributed by atoms with Gasteiger partial charge in [-0.05, 0) is 26.3 Å². The summed E-state index contributed by atoms with van der Waals surface area (Å²) in [5.74, 6) is 0.390. The summed E-state index contributed by atoms with van der Waals surface area (Å²) >= 11 is 6.02. The molecule has 0 saturated carbocycles. The standard InChI is InChI=1S/C11H14ClNO2/c1-7-3-4-15-10(7)11(14)13-6-9(12)5-8(13)2/h3-4,8-9H,5-6H2,1-2H3. The third kappa shape index (κ3) is 1.88. The molecule has 1 aromatic heterocycles. The van der Waals surface area contributed by atoms with E-state index >= 15 is 0 Å². The Hall–Kier alpha value is -0.960. The zero-order valence-corrected chi connectivity index (χ0v) is 9.62. The summed E-state index contributed by atoms with van der Waals surface area (Å²) in [7, 11) is 0. The third-order valence-corrected chi connectivity index (χ3v) is 3.16. The number of aryl methyl sites for hydroxylation is 1. The molecule has 2 rings (SSSR count). The number of carbonyl (C=O) groups is 1. The maximum Gasteiger partial charge on any atom is 0.290 e. The molecule has 0 N–H and O–H groups in total. The molecular formula is C11H14ClNO2. The smallest absolute Gasteiger partial charge is 0.290 e. The molecule has 1 saturated heterocycles. The quantitative estimate of drug-likeness (QED) is 0.691. The minimum atomic E-state index is -0.0480. The van der Waals surface area contributed by atoms with E-state index in [0.29, 0.717) is 12.3 Å². The highest BCUT2D eigenvalue weighted by Crippen LogP contribution is 2.24. The van der Waals surface area contributed by atoms with E-state index in [9.17, 15) is 4.79 Å². The van der Waals surface area contributed by atoms with Crippen LogP contribution in [0, 0.1) is 6.92 Å². The first-order valence-corrected chi connectivity index (χ1v) is 5.52. The number of carbonyl (C=O) groups excluding carboxylic acids is 1. The van der Waals surface area contributed by atoms with Crippen LogP contribution >= 0.6 is 11.6 Å². The van der Waals surface area contributed by atoms with Crippen molar-refractivity contribution in [3.63, 3.8) is 0 Å². The molecule has 15 heavy (non-hydrogen) atoms. The minimum absolute atomic E-state index is 0.0480. The monoisotopic (exact) mass is 227 g/mol. The summed E-state index contributed by atoms with van der Waals surface area (Å²) < 4.78 is 5.19. The van der Waals surface area contributed by atoms with Gasteiger partial charge in [-0.1, -0.05) is 0 Å². The van der Waals surface area contributed by atoms with Gasteiger partial charge in [-0.2, -0.15) is 0 Å². The van der Waals surface area contributed by atoms with Gasteiger partial charge >= 0.3 is 0 Å². The van der Waals surface area contributed by atoms with Crippen LogP contribution in [0.5, 0.6) is 0 Å². The maximum absolute atomic E-state index is 12.1. The zero-order valence-electron chi connectivity index (χ0n) is 8.87. The first-order chi connectivity index (χ1) is 7.09. The number of hydrogen-bond donors (Lipinski definition) is 0. The molecule has 0 spiro atoms. The molecule has 1 aliphatic heterocycles. The van der Waals surface area contributed by atoms with Crippen LogP contribution in [-0.4, -0.2) is 28.8 Å².